The highest BCUT2D eigenvalue weighted by atomic mass is 16.5. The number of carboxylic acid groups (broad SMARTS) is 1. The summed E-state index contributed by atoms with van der Waals surface area (Å²) in [6, 6.07) is 16.1. The van der Waals surface area contributed by atoms with E-state index in [1.54, 1.807) is 74.5 Å². The molecule has 0 radical (unpaired) electrons. The Morgan fingerprint density at radius 2 is 1.34 bits per heavy atom. The van der Waals surface area contributed by atoms with Gasteiger partial charge in [0.15, 0.2) is 0 Å². The predicted octanol–water partition coefficient (Wildman–Crippen LogP) is 2.52. The van der Waals surface area contributed by atoms with E-state index in [2.05, 4.69) is 5.32 Å². The minimum atomic E-state index is -1.68. The van der Waals surface area contributed by atoms with Crippen molar-refractivity contribution in [2.45, 2.75) is 32.2 Å². The zero-order chi connectivity index (χ0) is 23.5. The number of rotatable bonds is 11. The SMILES string of the molecule is CCOC(=O)C[C@H](C(=O)OCC)[C@H](NC(=O)C(c1ccccc1)c1ccccc1)C(=O)O. The molecule has 0 bridgehead atoms. The van der Waals surface area contributed by atoms with Gasteiger partial charge in [-0.3, -0.25) is 14.4 Å². The summed E-state index contributed by atoms with van der Waals surface area (Å²) in [5.74, 6) is -5.99. The lowest BCUT2D eigenvalue weighted by atomic mass is 9.89. The molecule has 0 aliphatic rings. The average Bonchev–Trinajstić information content (AvgIpc) is 2.78. The first-order chi connectivity index (χ1) is 15.4. The van der Waals surface area contributed by atoms with Crippen LogP contribution in [0.2, 0.25) is 0 Å². The van der Waals surface area contributed by atoms with Crippen molar-refractivity contribution in [2.24, 2.45) is 5.92 Å². The van der Waals surface area contributed by atoms with E-state index >= 15 is 0 Å². The molecule has 8 heteroatoms. The molecule has 0 fully saturated rings. The predicted molar refractivity (Wildman–Crippen MR) is 116 cm³/mol. The maximum Gasteiger partial charge on any atom is 0.327 e. The normalized spacial score (nSPS) is 12.5. The molecule has 2 N–H and O–H groups in total. The summed E-state index contributed by atoms with van der Waals surface area (Å²) >= 11 is 0. The zero-order valence-electron chi connectivity index (χ0n) is 18.0. The molecule has 0 unspecified atom stereocenters. The van der Waals surface area contributed by atoms with E-state index in [0.29, 0.717) is 11.1 Å². The number of esters is 2. The second-order valence-electron chi connectivity index (χ2n) is 6.95. The van der Waals surface area contributed by atoms with Gasteiger partial charge in [-0.25, -0.2) is 4.79 Å². The van der Waals surface area contributed by atoms with Crippen LogP contribution in [0.3, 0.4) is 0 Å². The number of aliphatic carboxylic acids is 1. The topological polar surface area (TPSA) is 119 Å². The smallest absolute Gasteiger partial charge is 0.327 e. The van der Waals surface area contributed by atoms with Crippen molar-refractivity contribution >= 4 is 23.8 Å². The van der Waals surface area contributed by atoms with E-state index < -0.39 is 48.1 Å². The molecule has 32 heavy (non-hydrogen) atoms. The molecular formula is C24H27NO7. The number of carbonyl (C=O) groups is 4. The summed E-state index contributed by atoms with van der Waals surface area (Å²) in [6.07, 6.45) is -0.536. The maximum atomic E-state index is 13.3. The Morgan fingerprint density at radius 3 is 1.78 bits per heavy atom. The van der Waals surface area contributed by atoms with Crippen LogP contribution < -0.4 is 5.32 Å². The van der Waals surface area contributed by atoms with Crippen LogP contribution in [0.1, 0.15) is 37.3 Å². The molecule has 0 aromatic heterocycles. The zero-order valence-corrected chi connectivity index (χ0v) is 18.0. The number of carboxylic acids is 1. The summed E-state index contributed by atoms with van der Waals surface area (Å²) in [5, 5.41) is 12.3. The number of nitrogens with one attached hydrogen (secondary N) is 1. The van der Waals surface area contributed by atoms with Gasteiger partial charge >= 0.3 is 17.9 Å². The Bertz CT molecular complexity index is 875. The van der Waals surface area contributed by atoms with Crippen LogP contribution in [0.4, 0.5) is 0 Å². The molecule has 0 heterocycles. The Labute approximate surface area is 186 Å². The Kier molecular flexibility index (Phi) is 9.41. The third-order valence-corrected chi connectivity index (χ3v) is 4.78. The van der Waals surface area contributed by atoms with Gasteiger partial charge in [-0.05, 0) is 25.0 Å². The van der Waals surface area contributed by atoms with Crippen LogP contribution in [-0.4, -0.2) is 48.2 Å². The van der Waals surface area contributed by atoms with E-state index in [9.17, 15) is 24.3 Å². The fraction of sp³-hybridized carbons (Fsp3) is 0.333. The summed E-state index contributed by atoms with van der Waals surface area (Å²) in [7, 11) is 0. The monoisotopic (exact) mass is 441 g/mol. The fourth-order valence-corrected chi connectivity index (χ4v) is 3.34. The number of hydrogen-bond donors (Lipinski definition) is 2. The van der Waals surface area contributed by atoms with Gasteiger partial charge < -0.3 is 19.9 Å². The van der Waals surface area contributed by atoms with E-state index in [1.165, 1.54) is 0 Å². The van der Waals surface area contributed by atoms with Crippen LogP contribution in [0.25, 0.3) is 0 Å². The second kappa shape index (κ2) is 12.2. The number of hydrogen-bond acceptors (Lipinski definition) is 6. The first-order valence-electron chi connectivity index (χ1n) is 10.3. The molecule has 0 spiro atoms. The number of amides is 1. The Balaban J connectivity index is 2.38. The molecule has 2 aromatic rings. The quantitative estimate of drug-likeness (QED) is 0.514. The molecule has 1 amide bonds. The standard InChI is InChI=1S/C24H27NO7/c1-3-31-19(26)15-18(24(30)32-4-2)21(23(28)29)25-22(27)20(16-11-7-5-8-12-16)17-13-9-6-10-14-17/h5-14,18,20-21H,3-4,15H2,1-2H3,(H,25,27)(H,28,29)/t18-,21-/m0/s1. The van der Waals surface area contributed by atoms with Crippen molar-refractivity contribution in [1.82, 2.24) is 5.32 Å². The highest BCUT2D eigenvalue weighted by molar-refractivity contribution is 5.94. The van der Waals surface area contributed by atoms with Crippen LogP contribution in [-0.2, 0) is 28.7 Å². The molecule has 2 aromatic carbocycles. The minimum absolute atomic E-state index is 0.00486. The highest BCUT2D eigenvalue weighted by Crippen LogP contribution is 2.26. The van der Waals surface area contributed by atoms with E-state index in [1.807, 2.05) is 0 Å². The summed E-state index contributed by atoms with van der Waals surface area (Å²) < 4.78 is 9.83. The van der Waals surface area contributed by atoms with Gasteiger partial charge in [-0.2, -0.15) is 0 Å². The number of ether oxygens (including phenoxy) is 2. The van der Waals surface area contributed by atoms with E-state index in [0.717, 1.165) is 0 Å². The van der Waals surface area contributed by atoms with E-state index in [-0.39, 0.29) is 13.2 Å². The van der Waals surface area contributed by atoms with Gasteiger partial charge in [-0.15, -0.1) is 0 Å². The molecule has 8 nitrogen and oxygen atoms in total. The highest BCUT2D eigenvalue weighted by Gasteiger charge is 2.39. The molecule has 2 rings (SSSR count). The third-order valence-electron chi connectivity index (χ3n) is 4.78. The van der Waals surface area contributed by atoms with Crippen molar-refractivity contribution in [2.75, 3.05) is 13.2 Å². The minimum Gasteiger partial charge on any atom is -0.480 e. The molecule has 0 aliphatic heterocycles. The Hall–Kier alpha value is -3.68. The number of benzene rings is 2. The van der Waals surface area contributed by atoms with Crippen molar-refractivity contribution < 1.29 is 33.8 Å². The van der Waals surface area contributed by atoms with Gasteiger partial charge in [-0.1, -0.05) is 60.7 Å². The lowest BCUT2D eigenvalue weighted by molar-refractivity contribution is -0.160. The van der Waals surface area contributed by atoms with Gasteiger partial charge in [0, 0.05) is 0 Å². The number of carbonyl (C=O) groups excluding carboxylic acids is 3. The lowest BCUT2D eigenvalue weighted by Gasteiger charge is -2.25. The first kappa shape index (κ1) is 24.6. The van der Waals surface area contributed by atoms with Crippen molar-refractivity contribution in [3.63, 3.8) is 0 Å². The maximum absolute atomic E-state index is 13.3. The van der Waals surface area contributed by atoms with Gasteiger partial charge in [0.05, 0.1) is 31.5 Å². The fourth-order valence-electron chi connectivity index (χ4n) is 3.34. The third kappa shape index (κ3) is 6.66. The van der Waals surface area contributed by atoms with Crippen LogP contribution in [0.15, 0.2) is 60.7 Å². The van der Waals surface area contributed by atoms with Gasteiger partial charge in [0.1, 0.15) is 6.04 Å². The first-order valence-corrected chi connectivity index (χ1v) is 10.3. The van der Waals surface area contributed by atoms with Crippen molar-refractivity contribution in [3.05, 3.63) is 71.8 Å². The molecule has 170 valence electrons. The largest absolute Gasteiger partial charge is 0.480 e. The Morgan fingerprint density at radius 1 is 0.844 bits per heavy atom. The lowest BCUT2D eigenvalue weighted by Crippen LogP contribution is -2.51. The van der Waals surface area contributed by atoms with Gasteiger partial charge in [0.25, 0.3) is 0 Å². The molecular weight excluding hydrogens is 414 g/mol. The molecule has 0 aliphatic carbocycles. The molecule has 0 saturated carbocycles. The van der Waals surface area contributed by atoms with E-state index in [4.69, 9.17) is 9.47 Å². The second-order valence-corrected chi connectivity index (χ2v) is 6.95. The summed E-state index contributed by atoms with van der Waals surface area (Å²) in [5.41, 5.74) is 1.30. The summed E-state index contributed by atoms with van der Waals surface area (Å²) in [6.45, 7) is 3.23. The average molecular weight is 441 g/mol. The molecule has 2 atom stereocenters. The van der Waals surface area contributed by atoms with Crippen LogP contribution in [0.5, 0.6) is 0 Å². The van der Waals surface area contributed by atoms with Gasteiger partial charge in [0.2, 0.25) is 5.91 Å². The van der Waals surface area contributed by atoms with Crippen LogP contribution >= 0.6 is 0 Å². The van der Waals surface area contributed by atoms with Crippen molar-refractivity contribution in [1.29, 1.82) is 0 Å². The summed E-state index contributed by atoms with van der Waals surface area (Å²) in [4.78, 5) is 49.8. The molecule has 0 saturated heterocycles. The van der Waals surface area contributed by atoms with Crippen molar-refractivity contribution in [3.8, 4) is 0 Å². The van der Waals surface area contributed by atoms with Crippen LogP contribution in [0, 0.1) is 5.92 Å².